The molecule has 8 heteroatoms. The summed E-state index contributed by atoms with van der Waals surface area (Å²) in [6.45, 7) is 0. The summed E-state index contributed by atoms with van der Waals surface area (Å²) in [5.41, 5.74) is 2.50. The predicted molar refractivity (Wildman–Crippen MR) is 96.2 cm³/mol. The van der Waals surface area contributed by atoms with Crippen LogP contribution in [-0.4, -0.2) is 19.3 Å². The van der Waals surface area contributed by atoms with Gasteiger partial charge in [0.25, 0.3) is 0 Å². The Morgan fingerprint density at radius 2 is 1.62 bits per heavy atom. The fourth-order valence-electron chi connectivity index (χ4n) is 2.40. The average molecular weight is 360 g/mol. The standard InChI is InChI=1S/C16H16N4O2S2/c1-24(21,22)13-9-7-11(8-10-13)14-15(12-5-3-2-4-6-12)23-16(19-17)20(14)18/h2-10H,17-18H2,1H3/b19-16+. The third-order valence-electron chi connectivity index (χ3n) is 3.56. The van der Waals surface area contributed by atoms with Gasteiger partial charge in [-0.15, -0.1) is 0 Å². The lowest BCUT2D eigenvalue weighted by molar-refractivity contribution is 0.602. The maximum absolute atomic E-state index is 11.6. The monoisotopic (exact) mass is 360 g/mol. The van der Waals surface area contributed by atoms with E-state index in [1.165, 1.54) is 22.3 Å². The molecule has 124 valence electrons. The smallest absolute Gasteiger partial charge is 0.226 e. The Bertz CT molecular complexity index is 1030. The molecule has 0 amide bonds. The number of hydrogen-bond donors (Lipinski definition) is 2. The van der Waals surface area contributed by atoms with E-state index in [1.54, 1.807) is 24.3 Å². The summed E-state index contributed by atoms with van der Waals surface area (Å²) in [6, 6.07) is 16.3. The van der Waals surface area contributed by atoms with Crippen LogP contribution in [0.3, 0.4) is 0 Å². The molecule has 4 N–H and O–H groups in total. The van der Waals surface area contributed by atoms with Gasteiger partial charge in [0.1, 0.15) is 0 Å². The number of sulfone groups is 1. The molecule has 6 nitrogen and oxygen atoms in total. The Balaban J connectivity index is 2.23. The van der Waals surface area contributed by atoms with Gasteiger partial charge >= 0.3 is 0 Å². The molecule has 0 unspecified atom stereocenters. The minimum Gasteiger partial charge on any atom is -0.336 e. The van der Waals surface area contributed by atoms with Gasteiger partial charge in [0.15, 0.2) is 9.84 Å². The van der Waals surface area contributed by atoms with Crippen molar-refractivity contribution in [2.24, 2.45) is 10.9 Å². The molecular formula is C16H16N4O2S2. The predicted octanol–water partition coefficient (Wildman–Crippen LogP) is 1.78. The Kier molecular flexibility index (Phi) is 4.16. The largest absolute Gasteiger partial charge is 0.336 e. The van der Waals surface area contributed by atoms with Gasteiger partial charge in [-0.25, -0.2) is 13.1 Å². The molecule has 3 rings (SSSR count). The zero-order valence-corrected chi connectivity index (χ0v) is 14.5. The summed E-state index contributed by atoms with van der Waals surface area (Å²) in [5.74, 6) is 11.6. The minimum atomic E-state index is -3.25. The van der Waals surface area contributed by atoms with E-state index in [9.17, 15) is 8.42 Å². The number of nitrogen functional groups attached to an aromatic ring is 1. The highest BCUT2D eigenvalue weighted by atomic mass is 32.2. The maximum atomic E-state index is 11.6. The first-order valence-corrected chi connectivity index (χ1v) is 9.73. The topological polar surface area (TPSA) is 103 Å². The Morgan fingerprint density at radius 3 is 2.17 bits per heavy atom. The molecule has 0 fully saturated rings. The number of benzene rings is 2. The summed E-state index contributed by atoms with van der Waals surface area (Å²) in [4.78, 5) is 1.64. The van der Waals surface area contributed by atoms with Crippen molar-refractivity contribution >= 4 is 21.2 Å². The van der Waals surface area contributed by atoms with Crippen molar-refractivity contribution in [3.8, 4) is 21.7 Å². The number of nitrogens with two attached hydrogens (primary N) is 2. The molecule has 2 aromatic carbocycles. The van der Waals surface area contributed by atoms with Crippen molar-refractivity contribution in [3.63, 3.8) is 0 Å². The highest BCUT2D eigenvalue weighted by Gasteiger charge is 2.16. The molecule has 0 aliphatic rings. The van der Waals surface area contributed by atoms with Crippen molar-refractivity contribution in [1.29, 1.82) is 0 Å². The molecule has 1 aromatic heterocycles. The van der Waals surface area contributed by atoms with Gasteiger partial charge in [-0.3, -0.25) is 0 Å². The molecule has 1 heterocycles. The molecule has 24 heavy (non-hydrogen) atoms. The van der Waals surface area contributed by atoms with Crippen molar-refractivity contribution in [1.82, 2.24) is 4.68 Å². The van der Waals surface area contributed by atoms with E-state index in [0.29, 0.717) is 4.80 Å². The van der Waals surface area contributed by atoms with Gasteiger partial charge in [-0.05, 0) is 17.7 Å². The van der Waals surface area contributed by atoms with E-state index >= 15 is 0 Å². The van der Waals surface area contributed by atoms with Crippen LogP contribution < -0.4 is 16.5 Å². The highest BCUT2D eigenvalue weighted by Crippen LogP contribution is 2.34. The fourth-order valence-corrected chi connectivity index (χ4v) is 4.02. The summed E-state index contributed by atoms with van der Waals surface area (Å²) in [6.07, 6.45) is 1.18. The van der Waals surface area contributed by atoms with Crippen LogP contribution in [-0.2, 0) is 9.84 Å². The number of hydrogen-bond acceptors (Lipinski definition) is 6. The lowest BCUT2D eigenvalue weighted by Crippen LogP contribution is -2.24. The quantitative estimate of drug-likeness (QED) is 0.549. The number of nitrogens with zero attached hydrogens (tertiary/aromatic N) is 2. The van der Waals surface area contributed by atoms with Crippen molar-refractivity contribution in [2.45, 2.75) is 4.90 Å². The van der Waals surface area contributed by atoms with Crippen LogP contribution in [0.2, 0.25) is 0 Å². The van der Waals surface area contributed by atoms with E-state index < -0.39 is 9.84 Å². The fraction of sp³-hybridized carbons (Fsp3) is 0.0625. The maximum Gasteiger partial charge on any atom is 0.226 e. The molecular weight excluding hydrogens is 344 g/mol. The SMILES string of the molecule is CS(=O)(=O)c1ccc(-c2c(-c3ccccc3)s/c(=N/N)n2N)cc1. The van der Waals surface area contributed by atoms with Crippen LogP contribution in [0.15, 0.2) is 64.6 Å². The van der Waals surface area contributed by atoms with E-state index in [-0.39, 0.29) is 4.90 Å². The molecule has 0 atom stereocenters. The summed E-state index contributed by atoms with van der Waals surface area (Å²) in [5, 5.41) is 3.72. The summed E-state index contributed by atoms with van der Waals surface area (Å²) in [7, 11) is -3.25. The lowest BCUT2D eigenvalue weighted by Gasteiger charge is -2.08. The molecule has 0 aliphatic carbocycles. The van der Waals surface area contributed by atoms with Gasteiger partial charge < -0.3 is 11.7 Å². The van der Waals surface area contributed by atoms with Crippen LogP contribution in [0, 0.1) is 0 Å². The van der Waals surface area contributed by atoms with Crippen molar-refractivity contribution < 1.29 is 8.42 Å². The molecule has 0 saturated carbocycles. The first-order chi connectivity index (χ1) is 11.4. The molecule has 3 aromatic rings. The number of thiazole rings is 1. The molecule has 0 saturated heterocycles. The van der Waals surface area contributed by atoms with Gasteiger partial charge in [-0.1, -0.05) is 53.8 Å². The van der Waals surface area contributed by atoms with Gasteiger partial charge in [0, 0.05) is 11.8 Å². The van der Waals surface area contributed by atoms with Crippen LogP contribution in [0.5, 0.6) is 0 Å². The van der Waals surface area contributed by atoms with Crippen LogP contribution in [0.1, 0.15) is 0 Å². The second-order valence-electron chi connectivity index (χ2n) is 5.22. The Morgan fingerprint density at radius 1 is 1.00 bits per heavy atom. The van der Waals surface area contributed by atoms with Crippen LogP contribution in [0.25, 0.3) is 21.7 Å². The molecule has 0 bridgehead atoms. The number of rotatable bonds is 3. The first kappa shape index (κ1) is 16.3. The zero-order chi connectivity index (χ0) is 17.3. The first-order valence-electron chi connectivity index (χ1n) is 7.02. The normalized spacial score (nSPS) is 12.5. The Hall–Kier alpha value is -2.58. The second-order valence-corrected chi connectivity index (χ2v) is 8.22. The summed E-state index contributed by atoms with van der Waals surface area (Å²) >= 11 is 1.37. The van der Waals surface area contributed by atoms with Crippen LogP contribution in [0.4, 0.5) is 0 Å². The van der Waals surface area contributed by atoms with Crippen LogP contribution >= 0.6 is 11.3 Å². The van der Waals surface area contributed by atoms with E-state index in [0.717, 1.165) is 21.7 Å². The minimum absolute atomic E-state index is 0.259. The summed E-state index contributed by atoms with van der Waals surface area (Å²) < 4.78 is 24.7. The third-order valence-corrected chi connectivity index (χ3v) is 5.80. The molecule has 0 radical (unpaired) electrons. The van der Waals surface area contributed by atoms with E-state index in [1.807, 2.05) is 30.3 Å². The van der Waals surface area contributed by atoms with E-state index in [4.69, 9.17) is 11.7 Å². The zero-order valence-electron chi connectivity index (χ0n) is 12.9. The molecule has 0 spiro atoms. The number of aromatic nitrogens is 1. The Labute approximate surface area is 143 Å². The van der Waals surface area contributed by atoms with E-state index in [2.05, 4.69) is 5.10 Å². The van der Waals surface area contributed by atoms with Crippen molar-refractivity contribution in [3.05, 3.63) is 59.4 Å². The average Bonchev–Trinajstić information content (AvgIpc) is 2.91. The van der Waals surface area contributed by atoms with Crippen molar-refractivity contribution in [2.75, 3.05) is 12.1 Å². The van der Waals surface area contributed by atoms with Gasteiger partial charge in [0.2, 0.25) is 4.80 Å². The lowest BCUT2D eigenvalue weighted by atomic mass is 10.1. The second kappa shape index (κ2) is 6.14. The van der Waals surface area contributed by atoms with Gasteiger partial charge in [-0.2, -0.15) is 5.10 Å². The third kappa shape index (κ3) is 2.93. The highest BCUT2D eigenvalue weighted by molar-refractivity contribution is 7.90. The van der Waals surface area contributed by atoms with Gasteiger partial charge in [0.05, 0.1) is 15.5 Å². The molecule has 0 aliphatic heterocycles.